The number of nitrogens with two attached hydrogens (primary N) is 1. The highest BCUT2D eigenvalue weighted by Gasteiger charge is 2.05. The minimum atomic E-state index is -0.335. The highest BCUT2D eigenvalue weighted by molar-refractivity contribution is 5.94. The van der Waals surface area contributed by atoms with Crippen LogP contribution in [0.4, 0.5) is 0 Å². The zero-order valence-corrected chi connectivity index (χ0v) is 11.5. The van der Waals surface area contributed by atoms with Crippen molar-refractivity contribution < 1.29 is 14.3 Å². The quantitative estimate of drug-likeness (QED) is 0.326. The number of amides is 1. The molecule has 1 atom stereocenters. The molecule has 0 aliphatic rings. The maximum atomic E-state index is 11.3. The Kier molecular flexibility index (Phi) is 6.92. The SMILES string of the molecule is CCCC(C)OCCOc1cccc(C(=O)NN)c1. The smallest absolute Gasteiger partial charge is 0.265 e. The van der Waals surface area contributed by atoms with Crippen LogP contribution >= 0.6 is 0 Å². The third-order valence-corrected chi connectivity index (χ3v) is 2.68. The zero-order valence-electron chi connectivity index (χ0n) is 11.5. The summed E-state index contributed by atoms with van der Waals surface area (Å²) in [7, 11) is 0. The lowest BCUT2D eigenvalue weighted by Gasteiger charge is -2.12. The van der Waals surface area contributed by atoms with Crippen LogP contribution in [0.25, 0.3) is 0 Å². The van der Waals surface area contributed by atoms with Gasteiger partial charge < -0.3 is 9.47 Å². The van der Waals surface area contributed by atoms with Crippen LogP contribution in [0, 0.1) is 0 Å². The van der Waals surface area contributed by atoms with Crippen LogP contribution < -0.4 is 16.0 Å². The molecule has 0 heterocycles. The van der Waals surface area contributed by atoms with E-state index in [1.54, 1.807) is 24.3 Å². The molecule has 3 N–H and O–H groups in total. The Labute approximate surface area is 114 Å². The highest BCUT2D eigenvalue weighted by Crippen LogP contribution is 2.13. The predicted octanol–water partition coefficient (Wildman–Crippen LogP) is 1.87. The van der Waals surface area contributed by atoms with Gasteiger partial charge in [0.25, 0.3) is 5.91 Å². The van der Waals surface area contributed by atoms with Gasteiger partial charge in [-0.25, -0.2) is 5.84 Å². The van der Waals surface area contributed by atoms with E-state index in [-0.39, 0.29) is 12.0 Å². The van der Waals surface area contributed by atoms with E-state index < -0.39 is 0 Å². The molecule has 1 aromatic rings. The number of carbonyl (C=O) groups is 1. The molecule has 0 aliphatic carbocycles. The van der Waals surface area contributed by atoms with Crippen LogP contribution in [0.1, 0.15) is 37.0 Å². The molecule has 0 aliphatic heterocycles. The van der Waals surface area contributed by atoms with Gasteiger partial charge in [0.1, 0.15) is 12.4 Å². The normalized spacial score (nSPS) is 11.9. The molecule has 19 heavy (non-hydrogen) atoms. The number of hydrogen-bond acceptors (Lipinski definition) is 4. The van der Waals surface area contributed by atoms with Gasteiger partial charge in [0.15, 0.2) is 0 Å². The predicted molar refractivity (Wildman–Crippen MR) is 73.9 cm³/mol. The standard InChI is InChI=1S/C14H22N2O3/c1-3-5-11(2)18-8-9-19-13-7-4-6-12(10-13)14(17)16-15/h4,6-7,10-11H,3,5,8-9,15H2,1-2H3,(H,16,17). The summed E-state index contributed by atoms with van der Waals surface area (Å²) in [6.45, 7) is 5.18. The molecule has 1 rings (SSSR count). The summed E-state index contributed by atoms with van der Waals surface area (Å²) in [5, 5.41) is 0. The number of benzene rings is 1. The Hall–Kier alpha value is -1.59. The Morgan fingerprint density at radius 1 is 1.42 bits per heavy atom. The van der Waals surface area contributed by atoms with Crippen molar-refractivity contribution in [1.29, 1.82) is 0 Å². The minimum absolute atomic E-state index is 0.253. The highest BCUT2D eigenvalue weighted by atomic mass is 16.5. The first-order chi connectivity index (χ1) is 9.17. The average molecular weight is 266 g/mol. The van der Waals surface area contributed by atoms with Gasteiger partial charge in [-0.1, -0.05) is 19.4 Å². The third-order valence-electron chi connectivity index (χ3n) is 2.68. The molecular weight excluding hydrogens is 244 g/mol. The van der Waals surface area contributed by atoms with E-state index in [1.165, 1.54) is 0 Å². The van der Waals surface area contributed by atoms with Crippen LogP contribution in [0.3, 0.4) is 0 Å². The molecule has 0 aromatic heterocycles. The second-order valence-electron chi connectivity index (χ2n) is 4.32. The summed E-state index contributed by atoms with van der Waals surface area (Å²) in [4.78, 5) is 11.3. The topological polar surface area (TPSA) is 73.6 Å². The van der Waals surface area contributed by atoms with Gasteiger partial charge in [-0.2, -0.15) is 0 Å². The molecule has 5 heteroatoms. The molecule has 0 spiro atoms. The van der Waals surface area contributed by atoms with Crippen molar-refractivity contribution in [3.63, 3.8) is 0 Å². The molecule has 0 fully saturated rings. The Morgan fingerprint density at radius 2 is 2.21 bits per heavy atom. The van der Waals surface area contributed by atoms with Crippen LogP contribution in [0.2, 0.25) is 0 Å². The lowest BCUT2D eigenvalue weighted by Crippen LogP contribution is -2.29. The van der Waals surface area contributed by atoms with Crippen molar-refractivity contribution in [3.8, 4) is 5.75 Å². The molecule has 0 bridgehead atoms. The van der Waals surface area contributed by atoms with Crippen LogP contribution in [-0.4, -0.2) is 25.2 Å². The molecule has 0 saturated carbocycles. The fourth-order valence-corrected chi connectivity index (χ4v) is 1.71. The van der Waals surface area contributed by atoms with E-state index in [0.717, 1.165) is 12.8 Å². The lowest BCUT2D eigenvalue weighted by molar-refractivity contribution is 0.0395. The summed E-state index contributed by atoms with van der Waals surface area (Å²) in [6, 6.07) is 6.87. The second-order valence-corrected chi connectivity index (χ2v) is 4.32. The van der Waals surface area contributed by atoms with E-state index in [0.29, 0.717) is 24.5 Å². The fourth-order valence-electron chi connectivity index (χ4n) is 1.71. The lowest BCUT2D eigenvalue weighted by atomic mass is 10.2. The van der Waals surface area contributed by atoms with Crippen LogP contribution in [-0.2, 0) is 4.74 Å². The maximum absolute atomic E-state index is 11.3. The van der Waals surface area contributed by atoms with Gasteiger partial charge in [0.2, 0.25) is 0 Å². The largest absolute Gasteiger partial charge is 0.491 e. The van der Waals surface area contributed by atoms with Crippen molar-refractivity contribution in [1.82, 2.24) is 5.43 Å². The monoisotopic (exact) mass is 266 g/mol. The second kappa shape index (κ2) is 8.50. The summed E-state index contributed by atoms with van der Waals surface area (Å²) >= 11 is 0. The fraction of sp³-hybridized carbons (Fsp3) is 0.500. The molecule has 1 aromatic carbocycles. The van der Waals surface area contributed by atoms with Crippen LogP contribution in [0.5, 0.6) is 5.75 Å². The molecule has 0 saturated heterocycles. The van der Waals surface area contributed by atoms with E-state index in [9.17, 15) is 4.79 Å². The molecule has 5 nitrogen and oxygen atoms in total. The van der Waals surface area contributed by atoms with E-state index in [2.05, 4.69) is 19.3 Å². The van der Waals surface area contributed by atoms with E-state index >= 15 is 0 Å². The van der Waals surface area contributed by atoms with Gasteiger partial charge in [-0.05, 0) is 31.5 Å². The van der Waals surface area contributed by atoms with E-state index in [4.69, 9.17) is 15.3 Å². The first-order valence-corrected chi connectivity index (χ1v) is 6.52. The number of ether oxygens (including phenoxy) is 2. The van der Waals surface area contributed by atoms with Gasteiger partial charge >= 0.3 is 0 Å². The van der Waals surface area contributed by atoms with Gasteiger partial charge in [-0.15, -0.1) is 0 Å². The Bertz CT molecular complexity index is 396. The molecule has 1 unspecified atom stereocenters. The molecule has 0 radical (unpaired) electrons. The summed E-state index contributed by atoms with van der Waals surface area (Å²) in [5.41, 5.74) is 2.56. The Balaban J connectivity index is 2.35. The summed E-state index contributed by atoms with van der Waals surface area (Å²) in [5.74, 6) is 5.37. The molecule has 106 valence electrons. The summed E-state index contributed by atoms with van der Waals surface area (Å²) in [6.07, 6.45) is 2.41. The third kappa shape index (κ3) is 5.72. The average Bonchev–Trinajstić information content (AvgIpc) is 2.43. The number of hydrazine groups is 1. The van der Waals surface area contributed by atoms with Crippen LogP contribution in [0.15, 0.2) is 24.3 Å². The van der Waals surface area contributed by atoms with E-state index in [1.807, 2.05) is 0 Å². The molecule has 1 amide bonds. The van der Waals surface area contributed by atoms with Crippen molar-refractivity contribution in [2.45, 2.75) is 32.8 Å². The van der Waals surface area contributed by atoms with Crippen molar-refractivity contribution in [2.24, 2.45) is 5.84 Å². The van der Waals surface area contributed by atoms with Gasteiger partial charge in [0, 0.05) is 5.56 Å². The summed E-state index contributed by atoms with van der Waals surface area (Å²) < 4.78 is 11.1. The Morgan fingerprint density at radius 3 is 2.89 bits per heavy atom. The number of hydrogen-bond donors (Lipinski definition) is 2. The number of carbonyl (C=O) groups excluding carboxylic acids is 1. The minimum Gasteiger partial charge on any atom is -0.491 e. The van der Waals surface area contributed by atoms with Gasteiger partial charge in [-0.3, -0.25) is 10.2 Å². The number of nitrogens with one attached hydrogen (secondary N) is 1. The van der Waals surface area contributed by atoms with Crippen molar-refractivity contribution >= 4 is 5.91 Å². The number of nitrogen functional groups attached to an aromatic ring is 1. The first-order valence-electron chi connectivity index (χ1n) is 6.52. The van der Waals surface area contributed by atoms with Gasteiger partial charge in [0.05, 0.1) is 12.7 Å². The molecular formula is C14H22N2O3. The number of rotatable bonds is 8. The zero-order chi connectivity index (χ0) is 14.1. The maximum Gasteiger partial charge on any atom is 0.265 e. The van der Waals surface area contributed by atoms with Crippen molar-refractivity contribution in [2.75, 3.05) is 13.2 Å². The first kappa shape index (κ1) is 15.5. The van der Waals surface area contributed by atoms with Crippen molar-refractivity contribution in [3.05, 3.63) is 29.8 Å².